The predicted octanol–water partition coefficient (Wildman–Crippen LogP) is 1.86. The van der Waals surface area contributed by atoms with Crippen molar-refractivity contribution in [1.82, 2.24) is 0 Å². The van der Waals surface area contributed by atoms with Gasteiger partial charge in [0.15, 0.2) is 6.10 Å². The van der Waals surface area contributed by atoms with Crippen molar-refractivity contribution < 1.29 is 14.3 Å². The molecule has 2 rings (SSSR count). The zero-order valence-corrected chi connectivity index (χ0v) is 11.4. The van der Waals surface area contributed by atoms with Crippen molar-refractivity contribution in [2.24, 2.45) is 17.6 Å². The minimum atomic E-state index is -0.383. The van der Waals surface area contributed by atoms with Gasteiger partial charge in [0.05, 0.1) is 6.10 Å². The highest BCUT2D eigenvalue weighted by molar-refractivity contribution is 5.75. The molecule has 0 aromatic carbocycles. The van der Waals surface area contributed by atoms with Crippen LogP contribution in [0.2, 0.25) is 0 Å². The Morgan fingerprint density at radius 3 is 2.44 bits per heavy atom. The quantitative estimate of drug-likeness (QED) is 0.782. The molecule has 0 radical (unpaired) electrons. The Morgan fingerprint density at radius 1 is 1.22 bits per heavy atom. The standard InChI is InChI=1S/C14H25NO3/c1-9-5-10(2)7-12(6-9)18-14(16)13-4-3-11(8-15)17-13/h9-13H,3-8,15H2,1-2H3. The average molecular weight is 255 g/mol. The summed E-state index contributed by atoms with van der Waals surface area (Å²) >= 11 is 0. The molecule has 0 spiro atoms. The van der Waals surface area contributed by atoms with Crippen molar-refractivity contribution in [3.8, 4) is 0 Å². The third-order valence-electron chi connectivity index (χ3n) is 4.05. The van der Waals surface area contributed by atoms with Crippen molar-refractivity contribution in [2.75, 3.05) is 6.54 Å². The largest absolute Gasteiger partial charge is 0.460 e. The van der Waals surface area contributed by atoms with Gasteiger partial charge in [0.2, 0.25) is 0 Å². The van der Waals surface area contributed by atoms with E-state index in [-0.39, 0.29) is 24.3 Å². The van der Waals surface area contributed by atoms with E-state index in [1.54, 1.807) is 0 Å². The molecule has 2 fully saturated rings. The number of carbonyl (C=O) groups is 1. The van der Waals surface area contributed by atoms with E-state index in [0.717, 1.165) is 25.7 Å². The molecule has 4 heteroatoms. The van der Waals surface area contributed by atoms with Crippen LogP contribution in [0.15, 0.2) is 0 Å². The fourth-order valence-electron chi connectivity index (χ4n) is 3.26. The molecular weight excluding hydrogens is 230 g/mol. The molecule has 18 heavy (non-hydrogen) atoms. The second-order valence-electron chi connectivity index (χ2n) is 6.04. The minimum Gasteiger partial charge on any atom is -0.460 e. The van der Waals surface area contributed by atoms with Crippen LogP contribution in [0.5, 0.6) is 0 Å². The molecule has 2 N–H and O–H groups in total. The van der Waals surface area contributed by atoms with Gasteiger partial charge in [0.25, 0.3) is 0 Å². The first kappa shape index (κ1) is 13.8. The summed E-state index contributed by atoms with van der Waals surface area (Å²) in [6, 6.07) is 0. The lowest BCUT2D eigenvalue weighted by Crippen LogP contribution is -2.33. The third-order valence-corrected chi connectivity index (χ3v) is 4.05. The summed E-state index contributed by atoms with van der Waals surface area (Å²) in [4.78, 5) is 12.0. The van der Waals surface area contributed by atoms with Crippen LogP contribution < -0.4 is 5.73 Å². The Balaban J connectivity index is 1.80. The van der Waals surface area contributed by atoms with Gasteiger partial charge in [-0.3, -0.25) is 0 Å². The summed E-state index contributed by atoms with van der Waals surface area (Å²) in [5.74, 6) is 1.11. The highest BCUT2D eigenvalue weighted by Gasteiger charge is 2.34. The summed E-state index contributed by atoms with van der Waals surface area (Å²) in [5.41, 5.74) is 5.54. The first-order valence-electron chi connectivity index (χ1n) is 7.14. The zero-order chi connectivity index (χ0) is 13.1. The van der Waals surface area contributed by atoms with Gasteiger partial charge < -0.3 is 15.2 Å². The maximum atomic E-state index is 12.0. The molecular formula is C14H25NO3. The van der Waals surface area contributed by atoms with Crippen LogP contribution in [0.25, 0.3) is 0 Å². The summed E-state index contributed by atoms with van der Waals surface area (Å²) in [7, 11) is 0. The minimum absolute atomic E-state index is 0.0340. The second-order valence-corrected chi connectivity index (χ2v) is 6.04. The molecule has 104 valence electrons. The first-order chi connectivity index (χ1) is 8.58. The molecule has 4 unspecified atom stereocenters. The molecule has 1 heterocycles. The van der Waals surface area contributed by atoms with Gasteiger partial charge in [-0.05, 0) is 43.9 Å². The van der Waals surface area contributed by atoms with Crippen molar-refractivity contribution in [2.45, 2.75) is 64.3 Å². The monoisotopic (exact) mass is 255 g/mol. The summed E-state index contributed by atoms with van der Waals surface area (Å²) in [5, 5.41) is 0. The molecule has 4 nitrogen and oxygen atoms in total. The van der Waals surface area contributed by atoms with Crippen molar-refractivity contribution in [1.29, 1.82) is 0 Å². The molecule has 1 aliphatic carbocycles. The maximum Gasteiger partial charge on any atom is 0.335 e. The lowest BCUT2D eigenvalue weighted by molar-refractivity contribution is -0.164. The molecule has 4 atom stereocenters. The Hall–Kier alpha value is -0.610. The van der Waals surface area contributed by atoms with Gasteiger partial charge in [0.1, 0.15) is 6.10 Å². The van der Waals surface area contributed by atoms with Gasteiger partial charge in [-0.1, -0.05) is 13.8 Å². The number of carbonyl (C=O) groups excluding carboxylic acids is 1. The third kappa shape index (κ3) is 3.45. The number of esters is 1. The number of hydrogen-bond donors (Lipinski definition) is 1. The van der Waals surface area contributed by atoms with Gasteiger partial charge in [-0.2, -0.15) is 0 Å². The van der Waals surface area contributed by atoms with Gasteiger partial charge in [0, 0.05) is 6.54 Å². The molecule has 2 aliphatic rings. The molecule has 1 aliphatic heterocycles. The topological polar surface area (TPSA) is 61.5 Å². The van der Waals surface area contributed by atoms with Crippen LogP contribution >= 0.6 is 0 Å². The van der Waals surface area contributed by atoms with Gasteiger partial charge >= 0.3 is 5.97 Å². The summed E-state index contributed by atoms with van der Waals surface area (Å²) in [6.45, 7) is 4.95. The Kier molecular flexibility index (Phi) is 4.62. The number of ether oxygens (including phenoxy) is 2. The second kappa shape index (κ2) is 6.02. The van der Waals surface area contributed by atoms with E-state index < -0.39 is 0 Å². The number of hydrogen-bond acceptors (Lipinski definition) is 4. The van der Waals surface area contributed by atoms with Crippen LogP contribution in [0.3, 0.4) is 0 Å². The number of rotatable bonds is 3. The van der Waals surface area contributed by atoms with E-state index >= 15 is 0 Å². The fourth-order valence-corrected chi connectivity index (χ4v) is 3.26. The fraction of sp³-hybridized carbons (Fsp3) is 0.929. The molecule has 0 aromatic heterocycles. The van der Waals surface area contributed by atoms with Crippen molar-refractivity contribution in [3.63, 3.8) is 0 Å². The molecule has 1 saturated carbocycles. The first-order valence-corrected chi connectivity index (χ1v) is 7.14. The van der Waals surface area contributed by atoms with Crippen LogP contribution in [-0.2, 0) is 14.3 Å². The van der Waals surface area contributed by atoms with Crippen LogP contribution in [0.1, 0.15) is 46.0 Å². The Morgan fingerprint density at radius 2 is 1.89 bits per heavy atom. The van der Waals surface area contributed by atoms with Gasteiger partial charge in [-0.15, -0.1) is 0 Å². The average Bonchev–Trinajstić information content (AvgIpc) is 2.75. The molecule has 0 aromatic rings. The number of nitrogens with two attached hydrogens (primary N) is 1. The smallest absolute Gasteiger partial charge is 0.335 e. The summed E-state index contributed by atoms with van der Waals surface area (Å²) in [6.07, 6.45) is 4.57. The lowest BCUT2D eigenvalue weighted by atomic mass is 9.82. The van der Waals surface area contributed by atoms with E-state index in [0.29, 0.717) is 18.4 Å². The SMILES string of the molecule is CC1CC(C)CC(OC(=O)C2CCC(CN)O2)C1. The maximum absolute atomic E-state index is 12.0. The highest BCUT2D eigenvalue weighted by atomic mass is 16.6. The van der Waals surface area contributed by atoms with E-state index in [4.69, 9.17) is 15.2 Å². The summed E-state index contributed by atoms with van der Waals surface area (Å²) < 4.78 is 11.2. The van der Waals surface area contributed by atoms with Crippen LogP contribution in [0, 0.1) is 11.8 Å². The van der Waals surface area contributed by atoms with E-state index in [1.807, 2.05) is 0 Å². The normalized spacial score (nSPS) is 40.7. The lowest BCUT2D eigenvalue weighted by Gasteiger charge is -2.31. The van der Waals surface area contributed by atoms with Crippen molar-refractivity contribution in [3.05, 3.63) is 0 Å². The van der Waals surface area contributed by atoms with E-state index in [2.05, 4.69) is 13.8 Å². The molecule has 1 saturated heterocycles. The molecule has 0 bridgehead atoms. The molecule has 0 amide bonds. The Bertz CT molecular complexity index is 285. The van der Waals surface area contributed by atoms with Gasteiger partial charge in [-0.25, -0.2) is 4.79 Å². The van der Waals surface area contributed by atoms with Crippen molar-refractivity contribution >= 4 is 5.97 Å². The predicted molar refractivity (Wildman–Crippen MR) is 69.0 cm³/mol. The zero-order valence-electron chi connectivity index (χ0n) is 11.4. The van der Waals surface area contributed by atoms with E-state index in [9.17, 15) is 4.79 Å². The highest BCUT2D eigenvalue weighted by Crippen LogP contribution is 2.31. The van der Waals surface area contributed by atoms with Crippen LogP contribution in [0.4, 0.5) is 0 Å². The van der Waals surface area contributed by atoms with Crippen LogP contribution in [-0.4, -0.2) is 30.8 Å². The van der Waals surface area contributed by atoms with E-state index in [1.165, 1.54) is 6.42 Å². The Labute approximate surface area is 109 Å².